The van der Waals surface area contributed by atoms with Crippen LogP contribution in [-0.4, -0.2) is 14.5 Å². The van der Waals surface area contributed by atoms with Gasteiger partial charge in [-0.25, -0.2) is 4.98 Å². The third-order valence-corrected chi connectivity index (χ3v) is 2.92. The van der Waals surface area contributed by atoms with Crippen LogP contribution in [0.25, 0.3) is 5.65 Å². The van der Waals surface area contributed by atoms with Gasteiger partial charge in [0, 0.05) is 12.3 Å². The molecule has 90 valence electrons. The van der Waals surface area contributed by atoms with Crippen molar-refractivity contribution in [3.63, 3.8) is 0 Å². The highest BCUT2D eigenvalue weighted by atomic mass is 16.3. The Morgan fingerprint density at radius 2 is 2.29 bits per heavy atom. The molecule has 0 saturated heterocycles. The first-order valence-corrected chi connectivity index (χ1v) is 5.84. The molecule has 0 fully saturated rings. The van der Waals surface area contributed by atoms with Crippen LogP contribution in [0.3, 0.4) is 0 Å². The van der Waals surface area contributed by atoms with Gasteiger partial charge in [-0.15, -0.1) is 0 Å². The minimum Gasteiger partial charge on any atom is -0.504 e. The van der Waals surface area contributed by atoms with Crippen molar-refractivity contribution in [3.05, 3.63) is 40.4 Å². The van der Waals surface area contributed by atoms with Gasteiger partial charge in [0.2, 0.25) is 0 Å². The van der Waals surface area contributed by atoms with E-state index in [0.29, 0.717) is 5.65 Å². The second kappa shape index (κ2) is 4.57. The monoisotopic (exact) mass is 232 g/mol. The fraction of sp³-hybridized carbons (Fsp3) is 0.385. The second-order valence-corrected chi connectivity index (χ2v) is 4.30. The number of aromatic nitrogens is 2. The molecule has 2 aromatic rings. The van der Waals surface area contributed by atoms with E-state index in [1.807, 2.05) is 6.92 Å². The maximum Gasteiger partial charge on any atom is 0.258 e. The molecule has 0 amide bonds. The van der Waals surface area contributed by atoms with Crippen molar-refractivity contribution in [1.82, 2.24) is 9.38 Å². The fourth-order valence-corrected chi connectivity index (χ4v) is 1.96. The van der Waals surface area contributed by atoms with Crippen LogP contribution in [0, 0.1) is 0 Å². The van der Waals surface area contributed by atoms with E-state index in [1.165, 1.54) is 10.5 Å². The minimum absolute atomic E-state index is 0.0372. The first kappa shape index (κ1) is 11.6. The van der Waals surface area contributed by atoms with Crippen LogP contribution in [0.2, 0.25) is 0 Å². The molecule has 1 N–H and O–H groups in total. The zero-order valence-corrected chi connectivity index (χ0v) is 10.1. The lowest BCUT2D eigenvalue weighted by molar-refractivity contribution is 0.476. The van der Waals surface area contributed by atoms with E-state index < -0.39 is 0 Å². The van der Waals surface area contributed by atoms with Crippen molar-refractivity contribution in [2.24, 2.45) is 0 Å². The van der Waals surface area contributed by atoms with Crippen molar-refractivity contribution in [3.8, 4) is 5.75 Å². The van der Waals surface area contributed by atoms with Crippen molar-refractivity contribution in [2.45, 2.75) is 32.6 Å². The van der Waals surface area contributed by atoms with Crippen LogP contribution >= 0.6 is 0 Å². The Kier molecular flexibility index (Phi) is 3.13. The molecule has 0 bridgehead atoms. The van der Waals surface area contributed by atoms with E-state index in [4.69, 9.17) is 0 Å². The van der Waals surface area contributed by atoms with E-state index in [9.17, 15) is 9.90 Å². The molecule has 4 heteroatoms. The van der Waals surface area contributed by atoms with Crippen LogP contribution in [0.4, 0.5) is 0 Å². The molecule has 0 spiro atoms. The third kappa shape index (κ3) is 2.16. The molecule has 0 aliphatic rings. The average Bonchev–Trinajstić information content (AvgIpc) is 2.30. The number of pyridine rings is 1. The highest BCUT2D eigenvalue weighted by molar-refractivity contribution is 5.52. The predicted octanol–water partition coefficient (Wildman–Crippen LogP) is 2.30. The van der Waals surface area contributed by atoms with Crippen molar-refractivity contribution >= 4 is 5.65 Å². The number of hydrogen-bond acceptors (Lipinski definition) is 3. The number of rotatable bonds is 3. The molecule has 0 aliphatic carbocycles. The summed E-state index contributed by atoms with van der Waals surface area (Å²) in [6, 6.07) is 4.71. The number of fused-ring (bicyclic) bond motifs is 1. The molecular weight excluding hydrogens is 216 g/mol. The van der Waals surface area contributed by atoms with Gasteiger partial charge >= 0.3 is 0 Å². The number of hydrogen-bond donors (Lipinski definition) is 1. The summed E-state index contributed by atoms with van der Waals surface area (Å²) in [6.45, 7) is 4.14. The van der Waals surface area contributed by atoms with Gasteiger partial charge < -0.3 is 5.11 Å². The van der Waals surface area contributed by atoms with Crippen LogP contribution in [-0.2, 0) is 0 Å². The summed E-state index contributed by atoms with van der Waals surface area (Å²) in [5, 5.41) is 9.71. The van der Waals surface area contributed by atoms with Crippen molar-refractivity contribution in [2.75, 3.05) is 0 Å². The van der Waals surface area contributed by atoms with Gasteiger partial charge in [-0.3, -0.25) is 9.20 Å². The number of nitrogens with zero attached hydrogens (tertiary/aromatic N) is 2. The van der Waals surface area contributed by atoms with Crippen LogP contribution < -0.4 is 5.56 Å². The highest BCUT2D eigenvalue weighted by Gasteiger charge is 2.10. The molecule has 2 rings (SSSR count). The molecule has 2 heterocycles. The van der Waals surface area contributed by atoms with E-state index >= 15 is 0 Å². The first-order valence-electron chi connectivity index (χ1n) is 5.84. The van der Waals surface area contributed by atoms with Gasteiger partial charge in [0.25, 0.3) is 5.56 Å². The molecule has 0 aliphatic heterocycles. The number of aromatic hydroxyl groups is 1. The van der Waals surface area contributed by atoms with Gasteiger partial charge in [-0.1, -0.05) is 20.3 Å². The molecule has 2 aromatic heterocycles. The summed E-state index contributed by atoms with van der Waals surface area (Å²) < 4.78 is 1.36. The SMILES string of the molecule is CCCC(C)c1cc(=O)n2cccc(O)c2n1. The minimum atomic E-state index is -0.149. The molecule has 0 aromatic carbocycles. The van der Waals surface area contributed by atoms with Gasteiger partial charge in [0.1, 0.15) is 0 Å². The Hall–Kier alpha value is -1.84. The van der Waals surface area contributed by atoms with E-state index in [-0.39, 0.29) is 17.2 Å². The standard InChI is InChI=1S/C13H16N2O2/c1-3-5-9(2)10-8-12(17)15-7-4-6-11(16)13(15)14-10/h4,6-9,16H,3,5H2,1-2H3. The van der Waals surface area contributed by atoms with Gasteiger partial charge in [-0.05, 0) is 24.5 Å². The van der Waals surface area contributed by atoms with Crippen LogP contribution in [0.1, 0.15) is 38.3 Å². The zero-order chi connectivity index (χ0) is 12.4. The topological polar surface area (TPSA) is 54.6 Å². The fourth-order valence-electron chi connectivity index (χ4n) is 1.96. The Balaban J connectivity index is 2.62. The summed E-state index contributed by atoms with van der Waals surface area (Å²) in [5.41, 5.74) is 0.931. The molecule has 0 radical (unpaired) electrons. The Morgan fingerprint density at radius 1 is 1.53 bits per heavy atom. The molecule has 1 atom stereocenters. The predicted molar refractivity (Wildman–Crippen MR) is 66.4 cm³/mol. The maximum absolute atomic E-state index is 11.9. The van der Waals surface area contributed by atoms with E-state index in [2.05, 4.69) is 11.9 Å². The summed E-state index contributed by atoms with van der Waals surface area (Å²) >= 11 is 0. The first-order chi connectivity index (χ1) is 8.13. The summed E-state index contributed by atoms with van der Waals surface area (Å²) in [5.74, 6) is 0.271. The molecule has 0 saturated carbocycles. The summed E-state index contributed by atoms with van der Waals surface area (Å²) in [7, 11) is 0. The molecule has 4 nitrogen and oxygen atoms in total. The van der Waals surface area contributed by atoms with Gasteiger partial charge in [-0.2, -0.15) is 0 Å². The second-order valence-electron chi connectivity index (χ2n) is 4.30. The lowest BCUT2D eigenvalue weighted by atomic mass is 10.0. The summed E-state index contributed by atoms with van der Waals surface area (Å²) in [4.78, 5) is 16.2. The smallest absolute Gasteiger partial charge is 0.258 e. The van der Waals surface area contributed by atoms with E-state index in [0.717, 1.165) is 18.5 Å². The lowest BCUT2D eigenvalue weighted by Gasteiger charge is -2.10. The Bertz CT molecular complexity index is 589. The van der Waals surface area contributed by atoms with Crippen LogP contribution in [0.15, 0.2) is 29.2 Å². The van der Waals surface area contributed by atoms with Gasteiger partial charge in [0.05, 0.1) is 5.69 Å². The Labute approximate surface area is 99.6 Å². The van der Waals surface area contributed by atoms with Crippen molar-refractivity contribution in [1.29, 1.82) is 0 Å². The molecule has 1 unspecified atom stereocenters. The van der Waals surface area contributed by atoms with Crippen LogP contribution in [0.5, 0.6) is 5.75 Å². The quantitative estimate of drug-likeness (QED) is 0.883. The van der Waals surface area contributed by atoms with Crippen molar-refractivity contribution < 1.29 is 5.11 Å². The maximum atomic E-state index is 11.9. The third-order valence-electron chi connectivity index (χ3n) is 2.92. The molecular formula is C13H16N2O2. The average molecular weight is 232 g/mol. The molecule has 17 heavy (non-hydrogen) atoms. The largest absolute Gasteiger partial charge is 0.504 e. The van der Waals surface area contributed by atoms with Gasteiger partial charge in [0.15, 0.2) is 11.4 Å². The normalized spacial score (nSPS) is 12.8. The lowest BCUT2D eigenvalue weighted by Crippen LogP contribution is -2.16. The highest BCUT2D eigenvalue weighted by Crippen LogP contribution is 2.20. The zero-order valence-electron chi connectivity index (χ0n) is 10.1. The Morgan fingerprint density at radius 3 is 3.00 bits per heavy atom. The summed E-state index contributed by atoms with van der Waals surface area (Å²) in [6.07, 6.45) is 3.64. The van der Waals surface area contributed by atoms with E-state index in [1.54, 1.807) is 18.3 Å².